The lowest BCUT2D eigenvalue weighted by Gasteiger charge is -2.22. The fourth-order valence-electron chi connectivity index (χ4n) is 1.94. The summed E-state index contributed by atoms with van der Waals surface area (Å²) in [5, 5.41) is 0. The van der Waals surface area contributed by atoms with Gasteiger partial charge in [0.2, 0.25) is 6.17 Å². The van der Waals surface area contributed by atoms with Crippen LogP contribution in [0, 0.1) is 0 Å². The third-order valence-corrected chi connectivity index (χ3v) is 5.98. The van der Waals surface area contributed by atoms with Gasteiger partial charge in [0, 0.05) is 39.4 Å². The topological polar surface area (TPSA) is 31.6 Å². The first-order chi connectivity index (χ1) is 8.62. The molecule has 0 bridgehead atoms. The van der Waals surface area contributed by atoms with Gasteiger partial charge in [-0.05, 0) is 6.42 Å². The van der Waals surface area contributed by atoms with Crippen molar-refractivity contribution in [2.75, 3.05) is 21.3 Å². The van der Waals surface area contributed by atoms with Crippen LogP contribution in [0.4, 0.5) is 0 Å². The average molecular weight is 270 g/mol. The molecule has 0 spiro atoms. The van der Waals surface area contributed by atoms with Crippen molar-refractivity contribution >= 4 is 8.80 Å². The van der Waals surface area contributed by atoms with E-state index in [0.29, 0.717) is 12.1 Å². The van der Waals surface area contributed by atoms with Gasteiger partial charge in [0.05, 0.1) is 0 Å². The van der Waals surface area contributed by atoms with Crippen LogP contribution in [-0.4, -0.2) is 30.1 Å². The largest absolute Gasteiger partial charge is 0.569 e. The molecule has 1 aromatic rings. The van der Waals surface area contributed by atoms with E-state index >= 15 is 0 Å². The van der Waals surface area contributed by atoms with Gasteiger partial charge in [-0.25, -0.2) is 0 Å². The average Bonchev–Trinajstić information content (AvgIpc) is 2.44. The Bertz CT molecular complexity index is 361. The predicted octanol–water partition coefficient (Wildman–Crippen LogP) is 1.90. The van der Waals surface area contributed by atoms with Crippen LogP contribution in [0.3, 0.4) is 0 Å². The molecule has 1 rings (SSSR count). The summed E-state index contributed by atoms with van der Waals surface area (Å²) in [5.74, 6) is 0.503. The fourth-order valence-corrected chi connectivity index (χ4v) is 3.53. The Kier molecular flexibility index (Phi) is 5.94. The molecule has 0 radical (unpaired) electrons. The van der Waals surface area contributed by atoms with E-state index in [-0.39, 0.29) is 0 Å². The molecule has 5 heteroatoms. The highest BCUT2D eigenvalue weighted by Gasteiger charge is 2.44. The lowest BCUT2D eigenvalue weighted by Crippen LogP contribution is -2.57. The maximum absolute atomic E-state index is 5.48. The second-order valence-electron chi connectivity index (χ2n) is 4.36. The minimum Gasteiger partial charge on any atom is -0.373 e. The molecule has 0 aliphatic rings. The zero-order chi connectivity index (χ0) is 13.6. The van der Waals surface area contributed by atoms with Crippen LogP contribution >= 0.6 is 0 Å². The Morgan fingerprint density at radius 3 is 2.28 bits per heavy atom. The zero-order valence-corrected chi connectivity index (χ0v) is 13.0. The van der Waals surface area contributed by atoms with Crippen LogP contribution in [0.5, 0.6) is 0 Å². The Balaban J connectivity index is 3.02. The Hall–Kier alpha value is -0.753. The number of aromatic nitrogens is 1. The van der Waals surface area contributed by atoms with Gasteiger partial charge >= 0.3 is 8.80 Å². The van der Waals surface area contributed by atoms with Crippen molar-refractivity contribution in [2.24, 2.45) is 0 Å². The number of hydrogen-bond donors (Lipinski definition) is 0. The Morgan fingerprint density at radius 2 is 1.78 bits per heavy atom. The number of nitrogens with zero attached hydrogens (tertiary/aromatic N) is 1. The molecule has 4 nitrogen and oxygen atoms in total. The quantitative estimate of drug-likeness (QED) is 0.560. The highest BCUT2D eigenvalue weighted by molar-refractivity contribution is 6.58. The van der Waals surface area contributed by atoms with E-state index in [2.05, 4.69) is 36.7 Å². The zero-order valence-electron chi connectivity index (χ0n) is 12.0. The second-order valence-corrected chi connectivity index (χ2v) is 7.27. The maximum atomic E-state index is 5.48. The summed E-state index contributed by atoms with van der Waals surface area (Å²) in [6, 6.07) is 6.23. The van der Waals surface area contributed by atoms with Crippen LogP contribution in [0.25, 0.3) is 0 Å². The van der Waals surface area contributed by atoms with Crippen molar-refractivity contribution in [3.8, 4) is 0 Å². The normalized spacial score (nSPS) is 13.6. The number of rotatable bonds is 7. The van der Waals surface area contributed by atoms with Gasteiger partial charge in [-0.3, -0.25) is 0 Å². The first-order valence-electron chi connectivity index (χ1n) is 6.26. The van der Waals surface area contributed by atoms with Crippen LogP contribution < -0.4 is 4.57 Å². The van der Waals surface area contributed by atoms with Crippen molar-refractivity contribution in [2.45, 2.75) is 32.4 Å². The molecule has 0 aliphatic heterocycles. The van der Waals surface area contributed by atoms with E-state index in [0.717, 1.165) is 6.42 Å². The third-order valence-electron chi connectivity index (χ3n) is 3.39. The molecule has 102 valence electrons. The van der Waals surface area contributed by atoms with Crippen molar-refractivity contribution in [3.05, 3.63) is 30.1 Å². The van der Waals surface area contributed by atoms with Crippen LogP contribution in [0.1, 0.15) is 31.9 Å². The first-order valence-corrected chi connectivity index (χ1v) is 8.19. The predicted molar refractivity (Wildman–Crippen MR) is 72.1 cm³/mol. The molecule has 0 amide bonds. The molecule has 0 fully saturated rings. The van der Waals surface area contributed by atoms with Gasteiger partial charge in [-0.1, -0.05) is 19.9 Å². The molecule has 0 aromatic carbocycles. The lowest BCUT2D eigenvalue weighted by molar-refractivity contribution is -0.693. The van der Waals surface area contributed by atoms with Crippen LogP contribution in [0.15, 0.2) is 24.4 Å². The summed E-state index contributed by atoms with van der Waals surface area (Å²) in [4.78, 5) is 0. The van der Waals surface area contributed by atoms with Crippen LogP contribution in [-0.2, 0) is 19.4 Å². The summed E-state index contributed by atoms with van der Waals surface area (Å²) in [5.41, 5.74) is 1.28. The van der Waals surface area contributed by atoms with Crippen molar-refractivity contribution in [3.63, 3.8) is 0 Å². The number of pyridine rings is 1. The molecule has 0 N–H and O–H groups in total. The monoisotopic (exact) mass is 270 g/mol. The lowest BCUT2D eigenvalue weighted by atomic mass is 10.0. The molecule has 1 aromatic heterocycles. The van der Waals surface area contributed by atoms with E-state index < -0.39 is 8.80 Å². The standard InChI is InChI=1S/C13H24NO3Si/c1-6-12(2)13-9-7-8-10-14(13)11-18(15-3,16-4)17-5/h7-10,12H,6,11H2,1-5H3/q+1. The molecule has 1 unspecified atom stereocenters. The number of hydrogen-bond acceptors (Lipinski definition) is 3. The Labute approximate surface area is 111 Å². The van der Waals surface area contributed by atoms with E-state index in [1.165, 1.54) is 5.69 Å². The summed E-state index contributed by atoms with van der Waals surface area (Å²) < 4.78 is 18.6. The molecular weight excluding hydrogens is 246 g/mol. The molecule has 0 aliphatic carbocycles. The van der Waals surface area contributed by atoms with Gasteiger partial charge in [0.15, 0.2) is 11.9 Å². The van der Waals surface area contributed by atoms with Crippen molar-refractivity contribution < 1.29 is 17.8 Å². The summed E-state index contributed by atoms with van der Waals surface area (Å²) in [6.07, 6.45) is 3.79. The van der Waals surface area contributed by atoms with Crippen molar-refractivity contribution in [1.82, 2.24) is 0 Å². The molecular formula is C13H24NO3Si+. The summed E-state index contributed by atoms with van der Waals surface area (Å²) >= 11 is 0. The molecule has 0 saturated carbocycles. The maximum Gasteiger partial charge on any atom is 0.569 e. The third kappa shape index (κ3) is 3.38. The molecule has 0 saturated heterocycles. The van der Waals surface area contributed by atoms with Gasteiger partial charge in [0.1, 0.15) is 0 Å². The van der Waals surface area contributed by atoms with E-state index in [1.54, 1.807) is 21.3 Å². The SMILES string of the molecule is CCC(C)c1cccc[n+]1C[Si](OC)(OC)OC. The van der Waals surface area contributed by atoms with E-state index in [9.17, 15) is 0 Å². The highest BCUT2D eigenvalue weighted by Crippen LogP contribution is 2.15. The minimum absolute atomic E-state index is 0.503. The molecule has 18 heavy (non-hydrogen) atoms. The van der Waals surface area contributed by atoms with E-state index in [4.69, 9.17) is 13.3 Å². The Morgan fingerprint density at radius 1 is 1.17 bits per heavy atom. The molecule has 1 atom stereocenters. The van der Waals surface area contributed by atoms with Gasteiger partial charge in [-0.15, -0.1) is 0 Å². The van der Waals surface area contributed by atoms with E-state index in [1.807, 2.05) is 6.07 Å². The van der Waals surface area contributed by atoms with Gasteiger partial charge in [0.25, 0.3) is 0 Å². The summed E-state index contributed by atoms with van der Waals surface area (Å²) in [6.45, 7) is 4.41. The highest BCUT2D eigenvalue weighted by atomic mass is 28.4. The van der Waals surface area contributed by atoms with Crippen molar-refractivity contribution in [1.29, 1.82) is 0 Å². The molecule has 1 heterocycles. The smallest absolute Gasteiger partial charge is 0.373 e. The summed E-state index contributed by atoms with van der Waals surface area (Å²) in [7, 11) is 2.35. The fraction of sp³-hybridized carbons (Fsp3) is 0.615. The van der Waals surface area contributed by atoms with Gasteiger partial charge < -0.3 is 13.3 Å². The second kappa shape index (κ2) is 6.99. The van der Waals surface area contributed by atoms with Crippen LogP contribution in [0.2, 0.25) is 0 Å². The first kappa shape index (κ1) is 15.3. The van der Waals surface area contributed by atoms with Gasteiger partial charge in [-0.2, -0.15) is 4.57 Å². The minimum atomic E-state index is -2.59.